The first kappa shape index (κ1) is 16.7. The number of rotatable bonds is 6. The van der Waals surface area contributed by atoms with E-state index in [0.717, 1.165) is 0 Å². The number of para-hydroxylation sites is 2. The molecule has 0 aromatic heterocycles. The number of benzene rings is 2. The predicted molar refractivity (Wildman–Crippen MR) is 84.1 cm³/mol. The average Bonchev–Trinajstić information content (AvgIpc) is 2.56. The van der Waals surface area contributed by atoms with Crippen LogP contribution in [0.5, 0.6) is 17.2 Å². The molecule has 0 heterocycles. The van der Waals surface area contributed by atoms with Crippen molar-refractivity contribution < 1.29 is 24.7 Å². The van der Waals surface area contributed by atoms with E-state index in [1.54, 1.807) is 6.07 Å². The Balaban J connectivity index is 1.89. The Morgan fingerprint density at radius 2 is 2.00 bits per heavy atom. The fraction of sp³-hybridized carbons (Fsp3) is 0.0667. The first-order valence-corrected chi connectivity index (χ1v) is 6.67. The van der Waals surface area contributed by atoms with Gasteiger partial charge in [0.15, 0.2) is 23.9 Å². The highest BCUT2D eigenvalue weighted by Gasteiger charge is 2.14. The van der Waals surface area contributed by atoms with Gasteiger partial charge in [0.25, 0.3) is 5.91 Å². The van der Waals surface area contributed by atoms with Crippen molar-refractivity contribution in [2.24, 2.45) is 5.10 Å². The molecule has 2 rings (SSSR count). The molecule has 0 aliphatic carbocycles. The molecule has 124 valence electrons. The normalized spacial score (nSPS) is 10.5. The Bertz CT molecular complexity index is 791. The van der Waals surface area contributed by atoms with E-state index in [9.17, 15) is 20.0 Å². The maximum absolute atomic E-state index is 11.6. The molecule has 1 amide bonds. The lowest BCUT2D eigenvalue weighted by Crippen LogP contribution is -2.24. The van der Waals surface area contributed by atoms with Crippen LogP contribution < -0.4 is 10.2 Å². The van der Waals surface area contributed by atoms with Gasteiger partial charge in [0.1, 0.15) is 0 Å². The third-order valence-corrected chi connectivity index (χ3v) is 2.82. The molecule has 0 saturated carbocycles. The van der Waals surface area contributed by atoms with Crippen LogP contribution in [0.15, 0.2) is 47.6 Å². The highest BCUT2D eigenvalue weighted by Crippen LogP contribution is 2.25. The van der Waals surface area contributed by atoms with Crippen molar-refractivity contribution in [1.29, 1.82) is 0 Å². The number of hydrogen-bond acceptors (Lipinski definition) is 7. The molecule has 9 heteroatoms. The molecule has 9 nitrogen and oxygen atoms in total. The maximum Gasteiger partial charge on any atom is 0.310 e. The molecular weight excluding hydrogens is 318 g/mol. The van der Waals surface area contributed by atoms with Crippen molar-refractivity contribution in [2.75, 3.05) is 6.61 Å². The molecule has 2 aromatic rings. The lowest BCUT2D eigenvalue weighted by Gasteiger charge is -2.05. The van der Waals surface area contributed by atoms with E-state index in [2.05, 4.69) is 10.5 Å². The Morgan fingerprint density at radius 3 is 2.71 bits per heavy atom. The highest BCUT2D eigenvalue weighted by atomic mass is 16.6. The number of nitrogens with zero attached hydrogens (tertiary/aromatic N) is 2. The third kappa shape index (κ3) is 4.44. The maximum atomic E-state index is 11.6. The van der Waals surface area contributed by atoms with Gasteiger partial charge in [0.2, 0.25) is 0 Å². The SMILES string of the molecule is O=C(COc1ccccc1[N+](=O)[O-])N/N=C\c1ccc(O)c(O)c1. The molecule has 24 heavy (non-hydrogen) atoms. The van der Waals surface area contributed by atoms with Gasteiger partial charge < -0.3 is 14.9 Å². The molecule has 0 atom stereocenters. The number of hydrazone groups is 1. The topological polar surface area (TPSA) is 134 Å². The minimum absolute atomic E-state index is 0.0231. The van der Waals surface area contributed by atoms with E-state index < -0.39 is 17.4 Å². The van der Waals surface area contributed by atoms with Gasteiger partial charge >= 0.3 is 5.69 Å². The summed E-state index contributed by atoms with van der Waals surface area (Å²) in [6.07, 6.45) is 1.25. The number of phenolic OH excluding ortho intramolecular Hbond substituents is 2. The number of carbonyl (C=O) groups excluding carboxylic acids is 1. The van der Waals surface area contributed by atoms with E-state index in [0.29, 0.717) is 5.56 Å². The van der Waals surface area contributed by atoms with E-state index in [4.69, 9.17) is 9.84 Å². The smallest absolute Gasteiger partial charge is 0.310 e. The number of phenols is 2. The summed E-state index contributed by atoms with van der Waals surface area (Å²) in [5.74, 6) is -1.23. The average molecular weight is 331 g/mol. The number of nitro groups is 1. The summed E-state index contributed by atoms with van der Waals surface area (Å²) >= 11 is 0. The van der Waals surface area contributed by atoms with Crippen LogP contribution in [0.3, 0.4) is 0 Å². The van der Waals surface area contributed by atoms with Crippen LogP contribution in [0.2, 0.25) is 0 Å². The number of aromatic hydroxyl groups is 2. The van der Waals surface area contributed by atoms with Crippen LogP contribution in [0.4, 0.5) is 5.69 Å². The van der Waals surface area contributed by atoms with Crippen LogP contribution in [0, 0.1) is 10.1 Å². The minimum Gasteiger partial charge on any atom is -0.504 e. The Hall–Kier alpha value is -3.62. The van der Waals surface area contributed by atoms with Crippen LogP contribution in [0.25, 0.3) is 0 Å². The van der Waals surface area contributed by atoms with Crippen molar-refractivity contribution in [3.05, 3.63) is 58.1 Å². The van der Waals surface area contributed by atoms with Gasteiger partial charge in [-0.1, -0.05) is 12.1 Å². The lowest BCUT2D eigenvalue weighted by atomic mass is 10.2. The molecule has 3 N–H and O–H groups in total. The van der Waals surface area contributed by atoms with Crippen LogP contribution in [0.1, 0.15) is 5.56 Å². The van der Waals surface area contributed by atoms with Gasteiger partial charge in [-0.15, -0.1) is 0 Å². The molecule has 0 spiro atoms. The molecule has 0 saturated heterocycles. The third-order valence-electron chi connectivity index (χ3n) is 2.82. The predicted octanol–water partition coefficient (Wildman–Crippen LogP) is 1.54. The molecule has 0 unspecified atom stereocenters. The number of carbonyl (C=O) groups is 1. The molecule has 0 aliphatic rings. The largest absolute Gasteiger partial charge is 0.504 e. The van der Waals surface area contributed by atoms with Gasteiger partial charge in [-0.2, -0.15) is 5.10 Å². The summed E-state index contributed by atoms with van der Waals surface area (Å²) in [6.45, 7) is -0.455. The van der Waals surface area contributed by atoms with Crippen molar-refractivity contribution in [1.82, 2.24) is 5.43 Å². The molecule has 0 bridgehead atoms. The van der Waals surface area contributed by atoms with Crippen molar-refractivity contribution in [3.63, 3.8) is 0 Å². The van der Waals surface area contributed by atoms with Crippen molar-refractivity contribution in [2.45, 2.75) is 0 Å². The summed E-state index contributed by atoms with van der Waals surface area (Å²) in [6, 6.07) is 9.70. The number of hydrogen-bond donors (Lipinski definition) is 3. The van der Waals surface area contributed by atoms with Gasteiger partial charge in [0.05, 0.1) is 11.1 Å². The summed E-state index contributed by atoms with van der Waals surface area (Å²) in [4.78, 5) is 21.8. The van der Waals surface area contributed by atoms with Gasteiger partial charge in [0, 0.05) is 6.07 Å². The molecule has 0 aliphatic heterocycles. The van der Waals surface area contributed by atoms with Crippen LogP contribution >= 0.6 is 0 Å². The molecule has 0 radical (unpaired) electrons. The first-order valence-electron chi connectivity index (χ1n) is 6.67. The number of ether oxygens (including phenoxy) is 1. The quantitative estimate of drug-likeness (QED) is 0.318. The second-order valence-electron chi connectivity index (χ2n) is 4.55. The summed E-state index contributed by atoms with van der Waals surface area (Å²) in [7, 11) is 0. The van der Waals surface area contributed by atoms with Gasteiger partial charge in [-0.3, -0.25) is 14.9 Å². The zero-order valence-corrected chi connectivity index (χ0v) is 12.2. The van der Waals surface area contributed by atoms with Crippen LogP contribution in [-0.2, 0) is 4.79 Å². The highest BCUT2D eigenvalue weighted by molar-refractivity contribution is 5.83. The summed E-state index contributed by atoms with van der Waals surface area (Å²) in [5.41, 5.74) is 2.38. The Kier molecular flexibility index (Phi) is 5.29. The second kappa shape index (κ2) is 7.58. The Labute approximate surface area is 136 Å². The van der Waals surface area contributed by atoms with E-state index >= 15 is 0 Å². The van der Waals surface area contributed by atoms with Crippen LogP contribution in [-0.4, -0.2) is 33.9 Å². The van der Waals surface area contributed by atoms with Gasteiger partial charge in [-0.05, 0) is 29.8 Å². The van der Waals surface area contributed by atoms with E-state index in [1.165, 1.54) is 42.6 Å². The summed E-state index contributed by atoms with van der Waals surface area (Å²) in [5, 5.41) is 32.9. The minimum atomic E-state index is -0.618. The van der Waals surface area contributed by atoms with E-state index in [1.807, 2.05) is 0 Å². The molecular formula is C15H13N3O6. The zero-order chi connectivity index (χ0) is 17.5. The van der Waals surface area contributed by atoms with E-state index in [-0.39, 0.29) is 22.9 Å². The first-order chi connectivity index (χ1) is 11.5. The molecule has 0 fully saturated rings. The fourth-order valence-corrected chi connectivity index (χ4v) is 1.71. The number of nitro benzene ring substituents is 1. The standard InChI is InChI=1S/C15H13N3O6/c19-12-6-5-10(7-13(12)20)8-16-17-15(21)9-24-14-4-2-1-3-11(14)18(22)23/h1-8,19-20H,9H2,(H,17,21)/b16-8-. The molecule has 2 aromatic carbocycles. The Morgan fingerprint density at radius 1 is 1.25 bits per heavy atom. The fourth-order valence-electron chi connectivity index (χ4n) is 1.71. The number of nitrogens with one attached hydrogen (secondary N) is 1. The van der Waals surface area contributed by atoms with Crippen molar-refractivity contribution in [3.8, 4) is 17.2 Å². The summed E-state index contributed by atoms with van der Waals surface area (Å²) < 4.78 is 5.10. The second-order valence-corrected chi connectivity index (χ2v) is 4.55. The van der Waals surface area contributed by atoms with Crippen molar-refractivity contribution >= 4 is 17.8 Å². The lowest BCUT2D eigenvalue weighted by molar-refractivity contribution is -0.385. The number of amides is 1. The van der Waals surface area contributed by atoms with Gasteiger partial charge in [-0.25, -0.2) is 5.43 Å². The monoisotopic (exact) mass is 331 g/mol. The zero-order valence-electron chi connectivity index (χ0n) is 12.2.